The minimum atomic E-state index is -0.130. The van der Waals surface area contributed by atoms with Crippen LogP contribution in [0.1, 0.15) is 111 Å². The first-order chi connectivity index (χ1) is 16.2. The second kappa shape index (κ2) is 34.3. The molecule has 1 radical (unpaired) electrons. The Labute approximate surface area is 244 Å². The molecule has 0 unspecified atom stereocenters. The largest absolute Gasteiger partial charge is 2.00 e. The number of aliphatic hydroxyl groups is 6. The molecule has 0 spiro atoms. The topological polar surface area (TPSA) is 121 Å². The van der Waals surface area contributed by atoms with Gasteiger partial charge in [-0.15, -0.1) is 0 Å². The second-order valence-corrected chi connectivity index (χ2v) is 11.9. The summed E-state index contributed by atoms with van der Waals surface area (Å²) in [5.41, 5.74) is 0. The van der Waals surface area contributed by atoms with Crippen LogP contribution in [0, 0.1) is 61.6 Å². The van der Waals surface area contributed by atoms with Gasteiger partial charge in [0.1, 0.15) is 0 Å². The summed E-state index contributed by atoms with van der Waals surface area (Å²) in [6, 6.07) is 0. The Morgan fingerprint density at radius 1 is 0.270 bits per heavy atom. The molecule has 0 amide bonds. The number of rotatable bonds is 8. The molecular weight excluding hydrogens is 520 g/mol. The molecule has 0 atom stereocenters. The summed E-state index contributed by atoms with van der Waals surface area (Å²) in [4.78, 5) is 0. The van der Waals surface area contributed by atoms with Crippen LogP contribution < -0.4 is 0 Å². The Morgan fingerprint density at radius 2 is 0.324 bits per heavy atom. The summed E-state index contributed by atoms with van der Waals surface area (Å²) in [6.07, 6.45) is -0.519. The SMILES string of the molecule is CC(C)C(O)C(C)C.CC(C)C(O)C(C)C.CC(C)C(O)C(C)C.CC(C)C(O)C(C)C.[CH2-]O.[CH2-]O.[Cu+2]. The maximum Gasteiger partial charge on any atom is 2.00 e. The van der Waals surface area contributed by atoms with E-state index in [0.29, 0.717) is 47.3 Å². The zero-order chi connectivity index (χ0) is 30.9. The fourth-order valence-corrected chi connectivity index (χ4v) is 3.08. The summed E-state index contributed by atoms with van der Waals surface area (Å²) >= 11 is 0. The Bertz CT molecular complexity index is 282. The van der Waals surface area contributed by atoms with E-state index in [-0.39, 0.29) is 41.5 Å². The quantitative estimate of drug-likeness (QED) is 0.135. The van der Waals surface area contributed by atoms with Crippen LogP contribution in [0.25, 0.3) is 0 Å². The molecule has 6 N–H and O–H groups in total. The van der Waals surface area contributed by atoms with Crippen LogP contribution >= 0.6 is 0 Å². The second-order valence-electron chi connectivity index (χ2n) is 11.9. The molecule has 0 bridgehead atoms. The summed E-state index contributed by atoms with van der Waals surface area (Å²) in [5, 5.41) is 50.3. The van der Waals surface area contributed by atoms with Gasteiger partial charge in [0.15, 0.2) is 0 Å². The van der Waals surface area contributed by atoms with Crippen LogP contribution in [0.4, 0.5) is 0 Å². The molecule has 0 heterocycles. The van der Waals surface area contributed by atoms with Gasteiger partial charge in [-0.1, -0.05) is 111 Å². The van der Waals surface area contributed by atoms with Crippen molar-refractivity contribution in [3.05, 3.63) is 14.2 Å². The van der Waals surface area contributed by atoms with Crippen molar-refractivity contribution in [3.8, 4) is 0 Å². The third-order valence-corrected chi connectivity index (χ3v) is 5.46. The van der Waals surface area contributed by atoms with Crippen LogP contribution in [0.3, 0.4) is 0 Å². The van der Waals surface area contributed by atoms with Gasteiger partial charge < -0.3 is 30.6 Å². The Morgan fingerprint density at radius 3 is 0.324 bits per heavy atom. The standard InChI is InChI=1S/4C7H16O.2CH3O.Cu/c4*1-5(2)7(8)6(3)4;2*1-2;/h4*5-8H,1-4H3;2*2H,1H2;/q;;;;2*-1;+2. The first kappa shape index (κ1) is 53.5. The predicted molar refractivity (Wildman–Crippen MR) is 157 cm³/mol. The minimum absolute atomic E-state index is 0. The van der Waals surface area contributed by atoms with Gasteiger partial charge in [0.2, 0.25) is 0 Å². The molecular formula is C30H70CuO6. The van der Waals surface area contributed by atoms with Crippen molar-refractivity contribution in [2.45, 2.75) is 135 Å². The van der Waals surface area contributed by atoms with Crippen LogP contribution in [0.2, 0.25) is 0 Å². The number of aliphatic hydroxyl groups excluding tert-OH is 6. The molecule has 7 heteroatoms. The monoisotopic (exact) mass is 589 g/mol. The number of hydrogen-bond acceptors (Lipinski definition) is 6. The summed E-state index contributed by atoms with van der Waals surface area (Å²) in [7, 11) is 4.50. The molecule has 0 saturated heterocycles. The molecule has 0 fully saturated rings. The average Bonchev–Trinajstić information content (AvgIpc) is 2.80. The van der Waals surface area contributed by atoms with Crippen molar-refractivity contribution in [2.75, 3.05) is 0 Å². The van der Waals surface area contributed by atoms with E-state index in [0.717, 1.165) is 0 Å². The normalized spacial score (nSPS) is 10.7. The van der Waals surface area contributed by atoms with Crippen LogP contribution in [-0.2, 0) is 17.1 Å². The fourth-order valence-electron chi connectivity index (χ4n) is 3.08. The maximum absolute atomic E-state index is 9.20. The van der Waals surface area contributed by atoms with Crippen molar-refractivity contribution >= 4 is 0 Å². The van der Waals surface area contributed by atoms with Crippen molar-refractivity contribution < 1.29 is 47.7 Å². The van der Waals surface area contributed by atoms with Gasteiger partial charge in [0.05, 0.1) is 24.4 Å². The van der Waals surface area contributed by atoms with Gasteiger partial charge in [0.25, 0.3) is 0 Å². The molecule has 237 valence electrons. The van der Waals surface area contributed by atoms with E-state index in [9.17, 15) is 20.4 Å². The fraction of sp³-hybridized carbons (Fsp3) is 0.933. The van der Waals surface area contributed by atoms with Crippen molar-refractivity contribution in [2.24, 2.45) is 47.3 Å². The first-order valence-electron chi connectivity index (χ1n) is 13.6. The third kappa shape index (κ3) is 40.9. The molecule has 0 aliphatic rings. The average molecular weight is 590 g/mol. The van der Waals surface area contributed by atoms with E-state index >= 15 is 0 Å². The summed E-state index contributed by atoms with van der Waals surface area (Å²) in [5.74, 6) is 3.19. The van der Waals surface area contributed by atoms with Crippen LogP contribution in [0.5, 0.6) is 0 Å². The van der Waals surface area contributed by atoms with Gasteiger partial charge in [-0.05, 0) is 47.3 Å². The van der Waals surface area contributed by atoms with E-state index in [2.05, 4.69) is 14.2 Å². The van der Waals surface area contributed by atoms with Crippen molar-refractivity contribution in [1.82, 2.24) is 0 Å². The van der Waals surface area contributed by atoms with E-state index < -0.39 is 0 Å². The molecule has 6 nitrogen and oxygen atoms in total. The van der Waals surface area contributed by atoms with Gasteiger partial charge in [-0.3, -0.25) is 0 Å². The zero-order valence-electron chi connectivity index (χ0n) is 27.3. The van der Waals surface area contributed by atoms with E-state index in [1.165, 1.54) is 0 Å². The molecule has 37 heavy (non-hydrogen) atoms. The molecule has 0 aromatic rings. The molecule has 0 rings (SSSR count). The Kier molecular flexibility index (Phi) is 49.6. The van der Waals surface area contributed by atoms with E-state index in [1.807, 2.05) is 111 Å². The van der Waals surface area contributed by atoms with Gasteiger partial charge in [-0.2, -0.15) is 0 Å². The van der Waals surface area contributed by atoms with Crippen molar-refractivity contribution in [1.29, 1.82) is 0 Å². The van der Waals surface area contributed by atoms with Crippen molar-refractivity contribution in [3.63, 3.8) is 0 Å². The van der Waals surface area contributed by atoms with Gasteiger partial charge in [0, 0.05) is 0 Å². The van der Waals surface area contributed by atoms with E-state index in [4.69, 9.17) is 10.2 Å². The zero-order valence-corrected chi connectivity index (χ0v) is 28.3. The maximum atomic E-state index is 9.20. The Hall–Kier alpha value is 0.279. The number of hydrogen-bond donors (Lipinski definition) is 6. The summed E-state index contributed by atoms with van der Waals surface area (Å²) in [6.45, 7) is 32.5. The molecule has 0 saturated carbocycles. The summed E-state index contributed by atoms with van der Waals surface area (Å²) < 4.78 is 0. The molecule has 0 aliphatic carbocycles. The van der Waals surface area contributed by atoms with Gasteiger partial charge in [-0.25, -0.2) is 14.2 Å². The molecule has 0 aliphatic heterocycles. The molecule has 0 aromatic carbocycles. The van der Waals surface area contributed by atoms with Crippen LogP contribution in [-0.4, -0.2) is 55.1 Å². The first-order valence-corrected chi connectivity index (χ1v) is 13.6. The van der Waals surface area contributed by atoms with E-state index in [1.54, 1.807) is 0 Å². The smallest absolute Gasteiger partial charge is 0.569 e. The van der Waals surface area contributed by atoms with Crippen LogP contribution in [0.15, 0.2) is 0 Å². The Balaban J connectivity index is -0.0000000614. The molecule has 0 aromatic heterocycles. The third-order valence-electron chi connectivity index (χ3n) is 5.46. The minimum Gasteiger partial charge on any atom is -0.569 e. The van der Waals surface area contributed by atoms with Gasteiger partial charge >= 0.3 is 17.1 Å². The predicted octanol–water partition coefficient (Wildman–Crippen LogP) is 6.94.